The molecule has 0 aliphatic heterocycles. The molecule has 5 heteroatoms. The van der Waals surface area contributed by atoms with Gasteiger partial charge in [0, 0.05) is 12.6 Å². The minimum atomic E-state index is -0.783. The average molecular weight is 292 g/mol. The molecule has 0 unspecified atom stereocenters. The summed E-state index contributed by atoms with van der Waals surface area (Å²) in [5.74, 6) is -1.66. The van der Waals surface area contributed by atoms with E-state index in [1.807, 2.05) is 37.3 Å². The second-order valence-electron chi connectivity index (χ2n) is 4.57. The predicted octanol–water partition coefficient (Wildman–Crippen LogP) is 3.80. The fourth-order valence-electron chi connectivity index (χ4n) is 1.93. The van der Waals surface area contributed by atoms with Crippen molar-refractivity contribution in [2.24, 2.45) is 0 Å². The maximum absolute atomic E-state index is 13.6. The van der Waals surface area contributed by atoms with Gasteiger partial charge >= 0.3 is 0 Å². The van der Waals surface area contributed by atoms with E-state index in [-0.39, 0.29) is 11.7 Å². The Labute approximate surface area is 123 Å². The average Bonchev–Trinajstić information content (AvgIpc) is 2.49. The van der Waals surface area contributed by atoms with E-state index in [1.165, 1.54) is 5.56 Å². The van der Waals surface area contributed by atoms with Crippen LogP contribution in [0.4, 0.5) is 14.6 Å². The van der Waals surface area contributed by atoms with Gasteiger partial charge in [-0.3, -0.25) is 0 Å². The van der Waals surface area contributed by atoms with Crippen molar-refractivity contribution in [1.82, 2.24) is 4.98 Å². The molecule has 0 fully saturated rings. The van der Waals surface area contributed by atoms with Crippen molar-refractivity contribution in [3.8, 4) is 5.88 Å². The van der Waals surface area contributed by atoms with Gasteiger partial charge in [-0.25, -0.2) is 8.78 Å². The molecule has 0 spiro atoms. The molecule has 1 heterocycles. The number of benzene rings is 1. The highest BCUT2D eigenvalue weighted by atomic mass is 19.1. The molecule has 0 aliphatic rings. The maximum Gasteiger partial charge on any atom is 0.252 e. The monoisotopic (exact) mass is 292 g/mol. The highest BCUT2D eigenvalue weighted by molar-refractivity contribution is 5.39. The highest BCUT2D eigenvalue weighted by Crippen LogP contribution is 2.21. The van der Waals surface area contributed by atoms with E-state index < -0.39 is 11.6 Å². The normalized spacial score (nSPS) is 10.4. The van der Waals surface area contributed by atoms with Crippen molar-refractivity contribution in [1.29, 1.82) is 0 Å². The van der Waals surface area contributed by atoms with Gasteiger partial charge in [0.1, 0.15) is 0 Å². The number of hydrogen-bond donors (Lipinski definition) is 1. The van der Waals surface area contributed by atoms with E-state index in [9.17, 15) is 8.78 Å². The molecule has 1 aromatic carbocycles. The number of halogens is 2. The number of aryl methyl sites for hydroxylation is 1. The first-order valence-electron chi connectivity index (χ1n) is 6.97. The largest absolute Gasteiger partial charge is 0.476 e. The molecule has 0 atom stereocenters. The van der Waals surface area contributed by atoms with Crippen molar-refractivity contribution in [3.05, 3.63) is 53.6 Å². The number of anilines is 1. The molecule has 112 valence electrons. The first-order chi connectivity index (χ1) is 10.2. The number of aromatic nitrogens is 1. The lowest BCUT2D eigenvalue weighted by atomic mass is 10.1. The molecule has 0 saturated heterocycles. The molecule has 0 radical (unpaired) electrons. The van der Waals surface area contributed by atoms with Crippen molar-refractivity contribution in [3.63, 3.8) is 0 Å². The number of rotatable bonds is 7. The molecular weight excluding hydrogens is 274 g/mol. The molecule has 0 amide bonds. The Morgan fingerprint density at radius 2 is 1.90 bits per heavy atom. The van der Waals surface area contributed by atoms with Crippen molar-refractivity contribution < 1.29 is 13.5 Å². The number of nitrogens with one attached hydrogen (secondary N) is 1. The lowest BCUT2D eigenvalue weighted by Gasteiger charge is -2.09. The van der Waals surface area contributed by atoms with Crippen LogP contribution in [0.2, 0.25) is 0 Å². The number of ether oxygens (including phenoxy) is 1. The molecule has 2 aromatic rings. The fraction of sp³-hybridized carbons (Fsp3) is 0.312. The topological polar surface area (TPSA) is 34.2 Å². The van der Waals surface area contributed by atoms with E-state index in [0.29, 0.717) is 13.2 Å². The van der Waals surface area contributed by atoms with Gasteiger partial charge in [0.05, 0.1) is 6.61 Å². The Morgan fingerprint density at radius 1 is 1.14 bits per heavy atom. The zero-order chi connectivity index (χ0) is 15.1. The zero-order valence-electron chi connectivity index (χ0n) is 11.9. The summed E-state index contributed by atoms with van der Waals surface area (Å²) in [7, 11) is 0. The fourth-order valence-corrected chi connectivity index (χ4v) is 1.93. The van der Waals surface area contributed by atoms with Crippen molar-refractivity contribution >= 4 is 5.82 Å². The van der Waals surface area contributed by atoms with E-state index in [0.717, 1.165) is 18.9 Å². The van der Waals surface area contributed by atoms with Crippen molar-refractivity contribution in [2.45, 2.75) is 19.8 Å². The molecule has 0 saturated carbocycles. The van der Waals surface area contributed by atoms with Crippen LogP contribution in [0, 0.1) is 11.6 Å². The molecular formula is C16H18F2N2O. The van der Waals surface area contributed by atoms with E-state index in [4.69, 9.17) is 4.74 Å². The lowest BCUT2D eigenvalue weighted by molar-refractivity contribution is 0.282. The predicted molar refractivity (Wildman–Crippen MR) is 78.6 cm³/mol. The minimum absolute atomic E-state index is 0.0111. The first kappa shape index (κ1) is 15.2. The first-order valence-corrected chi connectivity index (χ1v) is 6.97. The molecule has 1 aromatic heterocycles. The van der Waals surface area contributed by atoms with Gasteiger partial charge < -0.3 is 10.1 Å². The van der Waals surface area contributed by atoms with Crippen LogP contribution in [0.15, 0.2) is 36.4 Å². The molecule has 0 bridgehead atoms. The van der Waals surface area contributed by atoms with Crippen molar-refractivity contribution in [2.75, 3.05) is 18.5 Å². The second kappa shape index (κ2) is 7.57. The third-order valence-electron chi connectivity index (χ3n) is 2.93. The number of hydrogen-bond acceptors (Lipinski definition) is 3. The lowest BCUT2D eigenvalue weighted by Crippen LogP contribution is -2.07. The van der Waals surface area contributed by atoms with Gasteiger partial charge in [-0.1, -0.05) is 30.3 Å². The maximum atomic E-state index is 13.6. The van der Waals surface area contributed by atoms with E-state index in [2.05, 4.69) is 10.3 Å². The summed E-state index contributed by atoms with van der Waals surface area (Å²) in [6, 6.07) is 10.7. The van der Waals surface area contributed by atoms with Crippen LogP contribution < -0.4 is 10.1 Å². The summed E-state index contributed by atoms with van der Waals surface area (Å²) in [4.78, 5) is 3.82. The van der Waals surface area contributed by atoms with Crippen LogP contribution in [-0.2, 0) is 6.42 Å². The summed E-state index contributed by atoms with van der Waals surface area (Å²) in [6.07, 6.45) is 1.57. The van der Waals surface area contributed by atoms with Crippen LogP contribution in [0.1, 0.15) is 18.9 Å². The highest BCUT2D eigenvalue weighted by Gasteiger charge is 2.12. The van der Waals surface area contributed by atoms with Gasteiger partial charge in [-0.15, -0.1) is 0 Å². The molecule has 21 heavy (non-hydrogen) atoms. The summed E-state index contributed by atoms with van der Waals surface area (Å²) in [6.45, 7) is 2.64. The van der Waals surface area contributed by atoms with Crippen LogP contribution in [0.5, 0.6) is 5.88 Å². The SMILES string of the molecule is CCNc1nc(OCCCc2ccccc2)c(F)cc1F. The quantitative estimate of drug-likeness (QED) is 0.788. The molecule has 0 aliphatic carbocycles. The van der Waals surface area contributed by atoms with Gasteiger partial charge in [-0.05, 0) is 25.3 Å². The van der Waals surface area contributed by atoms with Gasteiger partial charge in [0.25, 0.3) is 5.88 Å². The Kier molecular flexibility index (Phi) is 5.49. The Morgan fingerprint density at radius 3 is 2.62 bits per heavy atom. The van der Waals surface area contributed by atoms with E-state index in [1.54, 1.807) is 0 Å². The van der Waals surface area contributed by atoms with Gasteiger partial charge in [0.15, 0.2) is 17.5 Å². The summed E-state index contributed by atoms with van der Waals surface area (Å²) < 4.78 is 32.3. The summed E-state index contributed by atoms with van der Waals surface area (Å²) in [5.41, 5.74) is 1.20. The third kappa shape index (κ3) is 4.41. The Bertz CT molecular complexity index is 576. The molecule has 1 N–H and O–H groups in total. The Balaban J connectivity index is 1.89. The van der Waals surface area contributed by atoms with Crippen LogP contribution >= 0.6 is 0 Å². The van der Waals surface area contributed by atoms with Gasteiger partial charge in [-0.2, -0.15) is 4.98 Å². The molecule has 2 rings (SSSR count). The zero-order valence-corrected chi connectivity index (χ0v) is 11.9. The van der Waals surface area contributed by atoms with Gasteiger partial charge in [0.2, 0.25) is 0 Å². The second-order valence-corrected chi connectivity index (χ2v) is 4.57. The minimum Gasteiger partial charge on any atom is -0.476 e. The summed E-state index contributed by atoms with van der Waals surface area (Å²) in [5, 5.41) is 2.73. The van der Waals surface area contributed by atoms with E-state index >= 15 is 0 Å². The Hall–Kier alpha value is -2.17. The van der Waals surface area contributed by atoms with Crippen LogP contribution in [-0.4, -0.2) is 18.1 Å². The summed E-state index contributed by atoms with van der Waals surface area (Å²) >= 11 is 0. The number of nitrogens with zero attached hydrogens (tertiary/aromatic N) is 1. The van der Waals surface area contributed by atoms with Crippen LogP contribution in [0.25, 0.3) is 0 Å². The number of pyridine rings is 1. The third-order valence-corrected chi connectivity index (χ3v) is 2.93. The standard InChI is InChI=1S/C16H18F2N2O/c1-2-19-15-13(17)11-14(18)16(20-15)21-10-6-9-12-7-4-3-5-8-12/h3-5,7-8,11H,2,6,9-10H2,1H3,(H,19,20). The van der Waals surface area contributed by atoms with Crippen LogP contribution in [0.3, 0.4) is 0 Å². The molecule has 3 nitrogen and oxygen atoms in total. The smallest absolute Gasteiger partial charge is 0.252 e.